The quantitative estimate of drug-likeness (QED) is 0.375. The molecule has 200 valence electrons. The monoisotopic (exact) mass is 528 g/mol. The highest BCUT2D eigenvalue weighted by Gasteiger charge is 2.40. The molecule has 0 spiro atoms. The van der Waals surface area contributed by atoms with Gasteiger partial charge in [-0.15, -0.1) is 0 Å². The number of nitrogens with zero attached hydrogens (tertiary/aromatic N) is 2. The normalized spacial score (nSPS) is 21.1. The van der Waals surface area contributed by atoms with E-state index in [0.29, 0.717) is 37.3 Å². The number of hydrogen-bond donors (Lipinski definition) is 2. The highest BCUT2D eigenvalue weighted by atomic mass is 19.4. The Hall–Kier alpha value is -3.12. The summed E-state index contributed by atoms with van der Waals surface area (Å²) in [6.45, 7) is 3.92. The van der Waals surface area contributed by atoms with Crippen LogP contribution in [0.4, 0.5) is 26.3 Å². The van der Waals surface area contributed by atoms with E-state index in [-0.39, 0.29) is 23.7 Å². The molecule has 0 saturated carbocycles. The van der Waals surface area contributed by atoms with Crippen LogP contribution in [0.25, 0.3) is 0 Å². The lowest BCUT2D eigenvalue weighted by Gasteiger charge is -2.44. The highest BCUT2D eigenvalue weighted by molar-refractivity contribution is 5.35. The zero-order valence-corrected chi connectivity index (χ0v) is 20.0. The average molecular weight is 528 g/mol. The Morgan fingerprint density at radius 2 is 1.62 bits per heavy atom. The molecule has 2 aromatic carbocycles. The third kappa shape index (κ3) is 6.07. The van der Waals surface area contributed by atoms with Crippen molar-refractivity contribution in [3.05, 3.63) is 87.1 Å². The molecule has 6 nitrogen and oxygen atoms in total. The van der Waals surface area contributed by atoms with Gasteiger partial charge in [-0.25, -0.2) is 9.89 Å². The summed E-state index contributed by atoms with van der Waals surface area (Å²) in [4.78, 5) is 16.3. The second-order valence-corrected chi connectivity index (χ2v) is 9.13. The standard InChI is InChI=1S/C25H26F6N4O2/c1-14(22-32-23(36)34-33-22)35-10-6-9-20(21(35)16-7-4-3-5-8-16)37-15(2)17-11-18(24(26,27)28)13-19(12-17)25(29,30)31/h3-5,7-8,11-15,20-21H,6,9-10H2,1-2H3,(H2,32,33,34,36)/t14?,15?,20-,21-/m1/s1. The maximum atomic E-state index is 13.4. The highest BCUT2D eigenvalue weighted by Crippen LogP contribution is 2.42. The number of rotatable bonds is 6. The Bertz CT molecular complexity index is 1220. The van der Waals surface area contributed by atoms with Crippen LogP contribution in [0.3, 0.4) is 0 Å². The van der Waals surface area contributed by atoms with E-state index in [1.165, 1.54) is 6.92 Å². The Balaban J connectivity index is 1.68. The van der Waals surface area contributed by atoms with E-state index in [4.69, 9.17) is 4.74 Å². The number of alkyl halides is 6. The summed E-state index contributed by atoms with van der Waals surface area (Å²) >= 11 is 0. The third-order valence-corrected chi connectivity index (χ3v) is 6.63. The molecule has 3 aromatic rings. The first-order valence-corrected chi connectivity index (χ1v) is 11.7. The fourth-order valence-electron chi connectivity index (χ4n) is 4.81. The Labute approximate surface area is 208 Å². The minimum Gasteiger partial charge on any atom is -0.369 e. The molecular formula is C25H26F6N4O2. The maximum Gasteiger partial charge on any atom is 0.416 e. The number of likely N-dealkylation sites (tertiary alicyclic amines) is 1. The first-order chi connectivity index (χ1) is 17.3. The lowest BCUT2D eigenvalue weighted by molar-refractivity contribution is -0.143. The number of piperidine rings is 1. The number of halogens is 6. The van der Waals surface area contributed by atoms with Gasteiger partial charge in [0.05, 0.1) is 35.4 Å². The molecule has 2 N–H and O–H groups in total. The minimum atomic E-state index is -4.94. The molecule has 12 heteroatoms. The lowest BCUT2D eigenvalue weighted by atomic mass is 9.90. The van der Waals surface area contributed by atoms with E-state index in [0.717, 1.165) is 5.56 Å². The van der Waals surface area contributed by atoms with Gasteiger partial charge in [-0.2, -0.15) is 31.4 Å². The van der Waals surface area contributed by atoms with Crippen LogP contribution in [-0.4, -0.2) is 32.7 Å². The van der Waals surface area contributed by atoms with Crippen molar-refractivity contribution in [2.45, 2.75) is 63.3 Å². The molecule has 1 aliphatic rings. The van der Waals surface area contributed by atoms with E-state index >= 15 is 0 Å². The van der Waals surface area contributed by atoms with Crippen molar-refractivity contribution in [1.29, 1.82) is 0 Å². The zero-order valence-electron chi connectivity index (χ0n) is 20.0. The molecule has 0 bridgehead atoms. The fourth-order valence-corrected chi connectivity index (χ4v) is 4.81. The summed E-state index contributed by atoms with van der Waals surface area (Å²) in [5.41, 5.74) is -2.57. The molecule has 1 saturated heterocycles. The fraction of sp³-hybridized carbons (Fsp3) is 0.440. The lowest BCUT2D eigenvalue weighted by Crippen LogP contribution is -2.44. The number of ether oxygens (including phenoxy) is 1. The number of H-pyrrole nitrogens is 2. The van der Waals surface area contributed by atoms with Gasteiger partial charge in [0, 0.05) is 0 Å². The van der Waals surface area contributed by atoms with Crippen LogP contribution < -0.4 is 5.69 Å². The molecular weight excluding hydrogens is 502 g/mol. The molecule has 1 fully saturated rings. The van der Waals surface area contributed by atoms with E-state index in [2.05, 4.69) is 20.1 Å². The number of hydrogen-bond acceptors (Lipinski definition) is 4. The Morgan fingerprint density at radius 1 is 1.00 bits per heavy atom. The van der Waals surface area contributed by atoms with Crippen molar-refractivity contribution in [2.75, 3.05) is 6.54 Å². The van der Waals surface area contributed by atoms with Crippen molar-refractivity contribution >= 4 is 0 Å². The molecule has 2 unspecified atom stereocenters. The van der Waals surface area contributed by atoms with Crippen molar-refractivity contribution in [3.63, 3.8) is 0 Å². The van der Waals surface area contributed by atoms with Gasteiger partial charge in [-0.1, -0.05) is 30.3 Å². The number of aromatic amines is 2. The van der Waals surface area contributed by atoms with Gasteiger partial charge in [0.2, 0.25) is 0 Å². The van der Waals surface area contributed by atoms with Crippen LogP contribution in [-0.2, 0) is 17.1 Å². The predicted octanol–water partition coefficient (Wildman–Crippen LogP) is 6.18. The first-order valence-electron chi connectivity index (χ1n) is 11.7. The average Bonchev–Trinajstić information content (AvgIpc) is 3.29. The van der Waals surface area contributed by atoms with Gasteiger partial charge >= 0.3 is 18.0 Å². The summed E-state index contributed by atoms with van der Waals surface area (Å²) < 4.78 is 86.6. The van der Waals surface area contributed by atoms with Gasteiger partial charge < -0.3 is 4.74 Å². The number of aromatic nitrogens is 3. The topological polar surface area (TPSA) is 74.0 Å². The number of benzene rings is 2. The van der Waals surface area contributed by atoms with Crippen molar-refractivity contribution in [3.8, 4) is 0 Å². The van der Waals surface area contributed by atoms with Crippen LogP contribution in [0, 0.1) is 0 Å². The van der Waals surface area contributed by atoms with Gasteiger partial charge in [0.1, 0.15) is 5.82 Å². The first kappa shape index (κ1) is 26.9. The molecule has 4 atom stereocenters. The molecule has 0 amide bonds. The molecule has 4 rings (SSSR count). The number of nitrogens with one attached hydrogen (secondary N) is 2. The SMILES string of the molecule is CC(O[C@@H]1CCCN(C(C)c2n[nH]c(=O)[nH]2)[C@@H]1c1ccccc1)c1cc(C(F)(F)F)cc(C(F)(F)F)c1. The van der Waals surface area contributed by atoms with Crippen LogP contribution in [0.1, 0.15) is 73.0 Å². The molecule has 1 aliphatic heterocycles. The molecule has 37 heavy (non-hydrogen) atoms. The van der Waals surface area contributed by atoms with Crippen molar-refractivity contribution in [1.82, 2.24) is 20.1 Å². The summed E-state index contributed by atoms with van der Waals surface area (Å²) in [7, 11) is 0. The molecule has 2 heterocycles. The second kappa shape index (κ2) is 10.3. The van der Waals surface area contributed by atoms with Crippen LogP contribution in [0.15, 0.2) is 53.3 Å². The van der Waals surface area contributed by atoms with Gasteiger partial charge in [0.25, 0.3) is 0 Å². The molecule has 1 aromatic heterocycles. The minimum absolute atomic E-state index is 0.109. The molecule has 0 radical (unpaired) electrons. The summed E-state index contributed by atoms with van der Waals surface area (Å²) in [5, 5.41) is 6.37. The maximum absolute atomic E-state index is 13.4. The van der Waals surface area contributed by atoms with Crippen LogP contribution in [0.2, 0.25) is 0 Å². The van der Waals surface area contributed by atoms with Crippen molar-refractivity contribution < 1.29 is 31.1 Å². The van der Waals surface area contributed by atoms with Crippen LogP contribution >= 0.6 is 0 Å². The van der Waals surface area contributed by atoms with E-state index < -0.39 is 41.4 Å². The summed E-state index contributed by atoms with van der Waals surface area (Å²) in [5.74, 6) is 0.410. The smallest absolute Gasteiger partial charge is 0.369 e. The van der Waals surface area contributed by atoms with E-state index in [1.54, 1.807) is 0 Å². The summed E-state index contributed by atoms with van der Waals surface area (Å²) in [6, 6.07) is 10.1. The molecule has 0 aliphatic carbocycles. The second-order valence-electron chi connectivity index (χ2n) is 9.13. The zero-order chi connectivity index (χ0) is 27.0. The predicted molar refractivity (Wildman–Crippen MR) is 122 cm³/mol. The third-order valence-electron chi connectivity index (χ3n) is 6.63. The van der Waals surface area contributed by atoms with E-state index in [9.17, 15) is 31.1 Å². The van der Waals surface area contributed by atoms with Crippen LogP contribution in [0.5, 0.6) is 0 Å². The largest absolute Gasteiger partial charge is 0.416 e. The Kier molecular flexibility index (Phi) is 7.52. The van der Waals surface area contributed by atoms with Gasteiger partial charge in [-0.05, 0) is 62.6 Å². The van der Waals surface area contributed by atoms with Gasteiger partial charge in [0.15, 0.2) is 0 Å². The van der Waals surface area contributed by atoms with E-state index in [1.807, 2.05) is 37.3 Å². The van der Waals surface area contributed by atoms with Crippen molar-refractivity contribution in [2.24, 2.45) is 0 Å². The van der Waals surface area contributed by atoms with Gasteiger partial charge in [-0.3, -0.25) is 9.88 Å². The summed E-state index contributed by atoms with van der Waals surface area (Å²) in [6.07, 6.45) is -10.3. The Morgan fingerprint density at radius 3 is 2.16 bits per heavy atom.